The number of aryl methyl sites for hydroxylation is 1. The van der Waals surface area contributed by atoms with Gasteiger partial charge in [0.1, 0.15) is 12.4 Å². The lowest BCUT2D eigenvalue weighted by molar-refractivity contribution is 0.268. The minimum Gasteiger partial charge on any atom is -0.473 e. The molecular weight excluding hydrogens is 317 g/mol. The Kier molecular flexibility index (Phi) is 6.42. The molecule has 0 aliphatic rings. The summed E-state index contributed by atoms with van der Waals surface area (Å²) >= 11 is 6.04. The molecule has 1 N–H and O–H groups in total. The highest BCUT2D eigenvalue weighted by Crippen LogP contribution is 2.21. The van der Waals surface area contributed by atoms with Crippen molar-refractivity contribution >= 4 is 11.6 Å². The molecule has 0 saturated carbocycles. The number of nitrogens with zero attached hydrogens (tertiary/aromatic N) is 2. The van der Waals surface area contributed by atoms with E-state index in [2.05, 4.69) is 24.3 Å². The van der Waals surface area contributed by atoms with Crippen LogP contribution in [0, 0.1) is 11.7 Å². The van der Waals surface area contributed by atoms with Crippen LogP contribution in [0.5, 0.6) is 5.88 Å². The van der Waals surface area contributed by atoms with Crippen LogP contribution in [0.25, 0.3) is 0 Å². The number of nitrogens with one attached hydrogen (secondary N) is 1. The van der Waals surface area contributed by atoms with Gasteiger partial charge < -0.3 is 10.1 Å². The van der Waals surface area contributed by atoms with E-state index in [4.69, 9.17) is 16.3 Å². The van der Waals surface area contributed by atoms with Crippen molar-refractivity contribution < 1.29 is 9.13 Å². The van der Waals surface area contributed by atoms with Gasteiger partial charge in [-0.2, -0.15) is 5.10 Å². The Labute approximate surface area is 141 Å². The van der Waals surface area contributed by atoms with E-state index < -0.39 is 0 Å². The van der Waals surface area contributed by atoms with E-state index in [0.29, 0.717) is 23.4 Å². The van der Waals surface area contributed by atoms with E-state index in [0.717, 1.165) is 24.2 Å². The average molecular weight is 340 g/mol. The number of hydrogen-bond donors (Lipinski definition) is 1. The molecule has 2 rings (SSSR count). The van der Waals surface area contributed by atoms with Gasteiger partial charge in [0.25, 0.3) is 0 Å². The van der Waals surface area contributed by atoms with Crippen LogP contribution in [0.15, 0.2) is 24.3 Å². The normalized spacial score (nSPS) is 11.2. The molecule has 0 spiro atoms. The molecule has 1 heterocycles. The average Bonchev–Trinajstić information content (AvgIpc) is 2.87. The molecule has 126 valence electrons. The van der Waals surface area contributed by atoms with Crippen LogP contribution in [0.4, 0.5) is 4.39 Å². The summed E-state index contributed by atoms with van der Waals surface area (Å²) in [5.41, 5.74) is 1.68. The van der Waals surface area contributed by atoms with Gasteiger partial charge in [0.2, 0.25) is 5.88 Å². The van der Waals surface area contributed by atoms with Crippen LogP contribution in [-0.2, 0) is 19.7 Å². The predicted molar refractivity (Wildman–Crippen MR) is 90.2 cm³/mol. The van der Waals surface area contributed by atoms with Crippen LogP contribution in [0.2, 0.25) is 5.02 Å². The van der Waals surface area contributed by atoms with Crippen LogP contribution >= 0.6 is 11.6 Å². The van der Waals surface area contributed by atoms with E-state index >= 15 is 0 Å². The Hall–Kier alpha value is -1.59. The van der Waals surface area contributed by atoms with E-state index in [9.17, 15) is 4.39 Å². The summed E-state index contributed by atoms with van der Waals surface area (Å²) in [6.45, 7) is 6.12. The monoisotopic (exact) mass is 339 g/mol. The quantitative estimate of drug-likeness (QED) is 0.789. The smallest absolute Gasteiger partial charge is 0.212 e. The molecule has 4 nitrogen and oxygen atoms in total. The molecule has 1 aromatic heterocycles. The van der Waals surface area contributed by atoms with Gasteiger partial charge in [0, 0.05) is 24.7 Å². The van der Waals surface area contributed by atoms with Crippen LogP contribution in [-0.4, -0.2) is 16.8 Å². The minimum absolute atomic E-state index is 0.283. The molecule has 0 atom stereocenters. The van der Waals surface area contributed by atoms with E-state index in [1.807, 2.05) is 17.8 Å². The zero-order valence-corrected chi connectivity index (χ0v) is 14.5. The third-order valence-electron chi connectivity index (χ3n) is 3.46. The lowest BCUT2D eigenvalue weighted by Gasteiger charge is -2.11. The zero-order valence-electron chi connectivity index (χ0n) is 13.8. The second kappa shape index (κ2) is 8.31. The van der Waals surface area contributed by atoms with Crippen molar-refractivity contribution in [3.63, 3.8) is 0 Å². The first-order valence-electron chi connectivity index (χ1n) is 7.77. The molecule has 0 unspecified atom stereocenters. The number of ether oxygens (including phenoxy) is 1. The summed E-state index contributed by atoms with van der Waals surface area (Å²) < 4.78 is 20.8. The maximum absolute atomic E-state index is 13.1. The molecule has 0 radical (unpaired) electrons. The fourth-order valence-corrected chi connectivity index (χ4v) is 2.39. The zero-order chi connectivity index (χ0) is 16.8. The summed E-state index contributed by atoms with van der Waals surface area (Å²) in [4.78, 5) is 0. The molecule has 0 fully saturated rings. The molecule has 2 aromatic rings. The molecule has 0 amide bonds. The van der Waals surface area contributed by atoms with Crippen molar-refractivity contribution in [2.45, 2.75) is 40.0 Å². The number of aromatic nitrogens is 2. The summed E-state index contributed by atoms with van der Waals surface area (Å²) in [5, 5.41) is 8.01. The second-order valence-electron chi connectivity index (χ2n) is 5.93. The third kappa shape index (κ3) is 5.22. The maximum atomic E-state index is 13.1. The molecule has 0 aliphatic carbocycles. The molecular formula is C17H23ClFN3O. The van der Waals surface area contributed by atoms with Gasteiger partial charge in [-0.05, 0) is 31.5 Å². The highest BCUT2D eigenvalue weighted by Gasteiger charge is 2.11. The molecule has 0 bridgehead atoms. The first-order valence-corrected chi connectivity index (χ1v) is 8.15. The number of halogens is 2. The fraction of sp³-hybridized carbons (Fsp3) is 0.471. The SMILES string of the molecule is CNCc1cc(OCc2ccc(F)cc2Cl)n(CCC(C)C)n1. The van der Waals surface area contributed by atoms with Gasteiger partial charge in [-0.15, -0.1) is 0 Å². The van der Waals surface area contributed by atoms with Gasteiger partial charge in [-0.25, -0.2) is 9.07 Å². The number of rotatable bonds is 8. The predicted octanol–water partition coefficient (Wildman–Crippen LogP) is 4.02. The molecule has 1 aromatic carbocycles. The Morgan fingerprint density at radius 2 is 2.13 bits per heavy atom. The Balaban J connectivity index is 2.10. The van der Waals surface area contributed by atoms with Gasteiger partial charge in [-0.3, -0.25) is 0 Å². The highest BCUT2D eigenvalue weighted by atomic mass is 35.5. The lowest BCUT2D eigenvalue weighted by Crippen LogP contribution is -2.09. The van der Waals surface area contributed by atoms with Gasteiger partial charge >= 0.3 is 0 Å². The number of benzene rings is 1. The van der Waals surface area contributed by atoms with E-state index in [-0.39, 0.29) is 12.4 Å². The van der Waals surface area contributed by atoms with Gasteiger partial charge in [-0.1, -0.05) is 31.5 Å². The summed E-state index contributed by atoms with van der Waals surface area (Å²) in [6, 6.07) is 6.24. The maximum Gasteiger partial charge on any atom is 0.212 e. The van der Waals surface area contributed by atoms with Gasteiger partial charge in [0.15, 0.2) is 0 Å². The van der Waals surface area contributed by atoms with Crippen LogP contribution in [0.3, 0.4) is 0 Å². The van der Waals surface area contributed by atoms with Gasteiger partial charge in [0.05, 0.1) is 10.7 Å². The standard InChI is InChI=1S/C17H23ClFN3O/c1-12(2)6-7-22-17(9-15(21-22)10-20-3)23-11-13-4-5-14(19)8-16(13)18/h4-5,8-9,12,20H,6-7,10-11H2,1-3H3. The van der Waals surface area contributed by atoms with Crippen molar-refractivity contribution in [2.75, 3.05) is 7.05 Å². The van der Waals surface area contributed by atoms with Crippen molar-refractivity contribution in [1.82, 2.24) is 15.1 Å². The van der Waals surface area contributed by atoms with Crippen molar-refractivity contribution in [3.8, 4) is 5.88 Å². The summed E-state index contributed by atoms with van der Waals surface area (Å²) in [5.74, 6) is 0.944. The van der Waals surface area contributed by atoms with Crippen molar-refractivity contribution in [2.24, 2.45) is 5.92 Å². The Morgan fingerprint density at radius 3 is 2.78 bits per heavy atom. The van der Waals surface area contributed by atoms with Crippen LogP contribution in [0.1, 0.15) is 31.5 Å². The first-order chi connectivity index (χ1) is 11.0. The first kappa shape index (κ1) is 17.8. The molecule has 0 aliphatic heterocycles. The summed E-state index contributed by atoms with van der Waals surface area (Å²) in [6.07, 6.45) is 1.02. The van der Waals surface area contributed by atoms with E-state index in [1.165, 1.54) is 12.1 Å². The molecule has 23 heavy (non-hydrogen) atoms. The van der Waals surface area contributed by atoms with E-state index in [1.54, 1.807) is 6.07 Å². The second-order valence-corrected chi connectivity index (χ2v) is 6.34. The van der Waals surface area contributed by atoms with Crippen LogP contribution < -0.4 is 10.1 Å². The van der Waals surface area contributed by atoms with Crippen molar-refractivity contribution in [3.05, 3.63) is 46.4 Å². The summed E-state index contributed by atoms with van der Waals surface area (Å²) in [7, 11) is 1.88. The Morgan fingerprint density at radius 1 is 1.35 bits per heavy atom. The third-order valence-corrected chi connectivity index (χ3v) is 3.81. The van der Waals surface area contributed by atoms with Crippen molar-refractivity contribution in [1.29, 1.82) is 0 Å². The largest absolute Gasteiger partial charge is 0.473 e. The highest BCUT2D eigenvalue weighted by molar-refractivity contribution is 6.31. The minimum atomic E-state index is -0.350. The molecule has 0 saturated heterocycles. The fourth-order valence-electron chi connectivity index (χ4n) is 2.17. The lowest BCUT2D eigenvalue weighted by atomic mass is 10.1. The number of hydrogen-bond acceptors (Lipinski definition) is 3. The molecule has 6 heteroatoms. The topological polar surface area (TPSA) is 39.1 Å². The Bertz CT molecular complexity index is 643.